The van der Waals surface area contributed by atoms with Crippen molar-refractivity contribution in [3.63, 3.8) is 0 Å². The van der Waals surface area contributed by atoms with E-state index in [0.717, 1.165) is 25.7 Å². The van der Waals surface area contributed by atoms with E-state index in [0.29, 0.717) is 36.0 Å². The van der Waals surface area contributed by atoms with Crippen LogP contribution in [-0.2, 0) is 10.1 Å². The van der Waals surface area contributed by atoms with Crippen LogP contribution in [0.15, 0.2) is 0 Å². The minimum absolute atomic E-state index is 0.166. The third-order valence-electron chi connectivity index (χ3n) is 6.36. The van der Waals surface area contributed by atoms with Crippen molar-refractivity contribution in [3.05, 3.63) is 0 Å². The summed E-state index contributed by atoms with van der Waals surface area (Å²) in [6.07, 6.45) is 4.89. The molecule has 2 fully saturated rings. The van der Waals surface area contributed by atoms with E-state index in [9.17, 15) is 13.0 Å². The van der Waals surface area contributed by atoms with Gasteiger partial charge >= 0.3 is 0 Å². The summed E-state index contributed by atoms with van der Waals surface area (Å²) < 4.78 is 33.4. The SMILES string of the molecule is CCCC1CC(S(=O)(=O)O)C2CCC(C)C(C)C2C1C. The van der Waals surface area contributed by atoms with Gasteiger partial charge in [0.15, 0.2) is 0 Å². The molecule has 3 nitrogen and oxygen atoms in total. The summed E-state index contributed by atoms with van der Waals surface area (Å²) in [5.74, 6) is 2.88. The molecule has 7 unspecified atom stereocenters. The van der Waals surface area contributed by atoms with E-state index in [4.69, 9.17) is 0 Å². The number of rotatable bonds is 3. The second kappa shape index (κ2) is 5.96. The van der Waals surface area contributed by atoms with E-state index < -0.39 is 15.4 Å². The molecule has 0 aromatic carbocycles. The maximum Gasteiger partial charge on any atom is 0.268 e. The van der Waals surface area contributed by atoms with Gasteiger partial charge in [-0.25, -0.2) is 0 Å². The first kappa shape index (κ1) is 16.3. The second-order valence-electron chi connectivity index (χ2n) is 7.35. The molecule has 1 N–H and O–H groups in total. The van der Waals surface area contributed by atoms with Crippen LogP contribution in [-0.4, -0.2) is 18.2 Å². The second-order valence-corrected chi connectivity index (χ2v) is 8.99. The van der Waals surface area contributed by atoms with Gasteiger partial charge in [0, 0.05) is 0 Å². The summed E-state index contributed by atoms with van der Waals surface area (Å²) in [5.41, 5.74) is 0. The van der Waals surface area contributed by atoms with E-state index in [-0.39, 0.29) is 5.92 Å². The Morgan fingerprint density at radius 2 is 1.75 bits per heavy atom. The Morgan fingerprint density at radius 1 is 1.10 bits per heavy atom. The van der Waals surface area contributed by atoms with E-state index in [1.165, 1.54) is 0 Å². The molecule has 0 spiro atoms. The normalized spacial score (nSPS) is 46.0. The Bertz CT molecular complexity index is 431. The monoisotopic (exact) mass is 302 g/mol. The Hall–Kier alpha value is -0.0900. The summed E-state index contributed by atoms with van der Waals surface area (Å²) in [5, 5.41) is -0.518. The number of hydrogen-bond donors (Lipinski definition) is 1. The first-order chi connectivity index (χ1) is 9.27. The molecule has 2 aliphatic rings. The quantitative estimate of drug-likeness (QED) is 0.802. The van der Waals surface area contributed by atoms with Crippen molar-refractivity contribution in [2.24, 2.45) is 35.5 Å². The largest absolute Gasteiger partial charge is 0.285 e. The topological polar surface area (TPSA) is 54.4 Å². The van der Waals surface area contributed by atoms with Gasteiger partial charge in [0.1, 0.15) is 0 Å². The predicted molar refractivity (Wildman–Crippen MR) is 82.1 cm³/mol. The van der Waals surface area contributed by atoms with E-state index in [1.54, 1.807) is 0 Å². The zero-order valence-corrected chi connectivity index (χ0v) is 14.1. The molecule has 2 saturated carbocycles. The lowest BCUT2D eigenvalue weighted by Gasteiger charge is -2.52. The van der Waals surface area contributed by atoms with Crippen LogP contribution in [0.4, 0.5) is 0 Å². The van der Waals surface area contributed by atoms with Crippen molar-refractivity contribution in [2.45, 2.75) is 65.0 Å². The molecule has 0 aromatic rings. The van der Waals surface area contributed by atoms with E-state index >= 15 is 0 Å². The highest BCUT2D eigenvalue weighted by Gasteiger charge is 2.51. The van der Waals surface area contributed by atoms with Gasteiger partial charge in [0.2, 0.25) is 0 Å². The van der Waals surface area contributed by atoms with Crippen molar-refractivity contribution in [1.82, 2.24) is 0 Å². The molecule has 0 bridgehead atoms. The molecule has 0 saturated heterocycles. The van der Waals surface area contributed by atoms with Crippen LogP contribution in [0.2, 0.25) is 0 Å². The predicted octanol–water partition coefficient (Wildman–Crippen LogP) is 4.00. The van der Waals surface area contributed by atoms with Crippen molar-refractivity contribution in [2.75, 3.05) is 0 Å². The molecular formula is C16H30O3S. The fourth-order valence-corrected chi connectivity index (χ4v) is 6.33. The van der Waals surface area contributed by atoms with Gasteiger partial charge in [-0.15, -0.1) is 0 Å². The fourth-order valence-electron chi connectivity index (χ4n) is 5.08. The minimum atomic E-state index is -3.91. The van der Waals surface area contributed by atoms with Crippen LogP contribution in [0, 0.1) is 35.5 Å². The number of hydrogen-bond acceptors (Lipinski definition) is 2. The average Bonchev–Trinajstić information content (AvgIpc) is 2.35. The molecule has 0 aromatic heterocycles. The third-order valence-corrected chi connectivity index (χ3v) is 7.67. The lowest BCUT2D eigenvalue weighted by molar-refractivity contribution is -0.000933. The maximum atomic E-state index is 11.8. The maximum absolute atomic E-state index is 11.8. The molecule has 4 heteroatoms. The van der Waals surface area contributed by atoms with Gasteiger partial charge in [0.25, 0.3) is 10.1 Å². The molecule has 2 aliphatic carbocycles. The minimum Gasteiger partial charge on any atom is -0.285 e. The van der Waals surface area contributed by atoms with Gasteiger partial charge in [-0.2, -0.15) is 8.42 Å². The Kier molecular flexibility index (Phi) is 4.85. The summed E-state index contributed by atoms with van der Waals surface area (Å²) in [7, 11) is -3.91. The van der Waals surface area contributed by atoms with Gasteiger partial charge < -0.3 is 0 Å². The highest BCUT2D eigenvalue weighted by Crippen LogP contribution is 2.52. The van der Waals surface area contributed by atoms with Crippen molar-refractivity contribution < 1.29 is 13.0 Å². The van der Waals surface area contributed by atoms with E-state index in [2.05, 4.69) is 27.7 Å². The highest BCUT2D eigenvalue weighted by molar-refractivity contribution is 7.86. The first-order valence-corrected chi connectivity index (χ1v) is 9.74. The van der Waals surface area contributed by atoms with E-state index in [1.807, 2.05) is 0 Å². The van der Waals surface area contributed by atoms with Gasteiger partial charge in [-0.3, -0.25) is 4.55 Å². The third kappa shape index (κ3) is 2.92. The zero-order chi connectivity index (χ0) is 15.1. The molecule has 7 atom stereocenters. The van der Waals surface area contributed by atoms with Crippen LogP contribution in [0.3, 0.4) is 0 Å². The van der Waals surface area contributed by atoms with Crippen LogP contribution < -0.4 is 0 Å². The Morgan fingerprint density at radius 3 is 2.30 bits per heavy atom. The van der Waals surface area contributed by atoms with Gasteiger partial charge in [-0.05, 0) is 48.3 Å². The van der Waals surface area contributed by atoms with Crippen molar-refractivity contribution in [1.29, 1.82) is 0 Å². The lowest BCUT2D eigenvalue weighted by atomic mass is 9.55. The molecule has 20 heavy (non-hydrogen) atoms. The lowest BCUT2D eigenvalue weighted by Crippen LogP contribution is -2.50. The summed E-state index contributed by atoms with van der Waals surface area (Å²) >= 11 is 0. The molecule has 0 radical (unpaired) electrons. The van der Waals surface area contributed by atoms with Crippen molar-refractivity contribution in [3.8, 4) is 0 Å². The molecule has 0 amide bonds. The molecule has 118 valence electrons. The van der Waals surface area contributed by atoms with Gasteiger partial charge in [0.05, 0.1) is 5.25 Å². The van der Waals surface area contributed by atoms with Crippen LogP contribution in [0.5, 0.6) is 0 Å². The Balaban J connectivity index is 2.33. The average molecular weight is 302 g/mol. The van der Waals surface area contributed by atoms with Crippen LogP contribution in [0.1, 0.15) is 59.8 Å². The molecule has 0 heterocycles. The summed E-state index contributed by atoms with van der Waals surface area (Å²) in [6, 6.07) is 0. The zero-order valence-electron chi connectivity index (χ0n) is 13.2. The standard InChI is InChI=1S/C16H30O3S/c1-5-6-13-9-15(20(17,18)19)14-8-7-10(2)11(3)16(14)12(13)4/h10-16H,5-9H2,1-4H3,(H,17,18,19). The van der Waals surface area contributed by atoms with Gasteiger partial charge in [-0.1, -0.05) is 47.0 Å². The molecule has 2 rings (SSSR count). The fraction of sp³-hybridized carbons (Fsp3) is 1.00. The first-order valence-electron chi connectivity index (χ1n) is 8.23. The number of fused-ring (bicyclic) bond motifs is 1. The van der Waals surface area contributed by atoms with Crippen LogP contribution in [0.25, 0.3) is 0 Å². The van der Waals surface area contributed by atoms with Crippen LogP contribution >= 0.6 is 0 Å². The smallest absolute Gasteiger partial charge is 0.268 e. The summed E-state index contributed by atoms with van der Waals surface area (Å²) in [6.45, 7) is 9.05. The Labute approximate surface area is 124 Å². The molecule has 0 aliphatic heterocycles. The molecular weight excluding hydrogens is 272 g/mol. The summed E-state index contributed by atoms with van der Waals surface area (Å²) in [4.78, 5) is 0. The van der Waals surface area contributed by atoms with Crippen molar-refractivity contribution >= 4 is 10.1 Å². The highest BCUT2D eigenvalue weighted by atomic mass is 32.2.